The number of aromatic amines is 2. The van der Waals surface area contributed by atoms with Gasteiger partial charge in [0, 0.05) is 30.2 Å². The lowest BCUT2D eigenvalue weighted by Crippen LogP contribution is -2.32. The Morgan fingerprint density at radius 2 is 1.61 bits per heavy atom. The van der Waals surface area contributed by atoms with Crippen molar-refractivity contribution in [2.24, 2.45) is 5.92 Å². The van der Waals surface area contributed by atoms with Gasteiger partial charge in [0.25, 0.3) is 5.91 Å². The third kappa shape index (κ3) is 9.47. The van der Waals surface area contributed by atoms with Crippen LogP contribution >= 0.6 is 0 Å². The molecular formula is C27H25F6N5O6. The van der Waals surface area contributed by atoms with E-state index in [1.807, 2.05) is 53.6 Å². The van der Waals surface area contributed by atoms with Crippen molar-refractivity contribution in [1.29, 1.82) is 0 Å². The molecule has 236 valence electrons. The molecule has 5 rings (SSSR count). The number of carbonyl (C=O) groups excluding carboxylic acids is 1. The smallest absolute Gasteiger partial charge is 0.490 e. The molecule has 44 heavy (non-hydrogen) atoms. The fourth-order valence-electron chi connectivity index (χ4n) is 3.74. The van der Waals surface area contributed by atoms with Gasteiger partial charge >= 0.3 is 24.3 Å². The van der Waals surface area contributed by atoms with Crippen LogP contribution in [-0.2, 0) is 16.1 Å². The van der Waals surface area contributed by atoms with Crippen molar-refractivity contribution in [1.82, 2.24) is 25.3 Å². The number of aromatic nitrogens is 4. The minimum Gasteiger partial charge on any atom is -0.497 e. The summed E-state index contributed by atoms with van der Waals surface area (Å²) in [7, 11) is 1.65. The maximum absolute atomic E-state index is 13.5. The number of alkyl halides is 6. The molecule has 4 aromatic rings. The van der Waals surface area contributed by atoms with E-state index in [2.05, 4.69) is 20.4 Å². The van der Waals surface area contributed by atoms with Crippen molar-refractivity contribution >= 4 is 28.7 Å². The zero-order chi connectivity index (χ0) is 32.7. The number of H-pyrrole nitrogens is 2. The first-order valence-corrected chi connectivity index (χ1v) is 12.6. The van der Waals surface area contributed by atoms with Gasteiger partial charge in [-0.25, -0.2) is 9.59 Å². The molecule has 0 saturated heterocycles. The molecule has 0 atom stereocenters. The number of ether oxygens (including phenoxy) is 1. The number of fused-ring (bicyclic) bond motifs is 1. The van der Waals surface area contributed by atoms with Crippen molar-refractivity contribution in [3.8, 4) is 16.9 Å². The van der Waals surface area contributed by atoms with Crippen molar-refractivity contribution < 1.29 is 55.7 Å². The Morgan fingerprint density at radius 3 is 2.14 bits per heavy atom. The lowest BCUT2D eigenvalue weighted by molar-refractivity contribution is -0.193. The topological polar surface area (TPSA) is 162 Å². The number of carboxylic acid groups (broad SMARTS) is 2. The van der Waals surface area contributed by atoms with Gasteiger partial charge in [-0.3, -0.25) is 15.0 Å². The fraction of sp³-hybridized carbons (Fsp3) is 0.296. The maximum atomic E-state index is 13.5. The van der Waals surface area contributed by atoms with Gasteiger partial charge in [0.15, 0.2) is 5.69 Å². The van der Waals surface area contributed by atoms with Gasteiger partial charge < -0.3 is 19.8 Å². The highest BCUT2D eigenvalue weighted by atomic mass is 19.4. The largest absolute Gasteiger partial charge is 0.497 e. The summed E-state index contributed by atoms with van der Waals surface area (Å²) in [5.41, 5.74) is 4.36. The Bertz CT molecular complexity index is 1560. The minimum atomic E-state index is -5.08. The molecule has 0 radical (unpaired) electrons. The number of halogens is 6. The van der Waals surface area contributed by atoms with E-state index < -0.39 is 24.3 Å². The van der Waals surface area contributed by atoms with Gasteiger partial charge in [-0.2, -0.15) is 36.5 Å². The molecule has 0 unspecified atom stereocenters. The zero-order valence-corrected chi connectivity index (χ0v) is 22.7. The monoisotopic (exact) mass is 629 g/mol. The van der Waals surface area contributed by atoms with Gasteiger partial charge in [0.1, 0.15) is 5.75 Å². The molecule has 2 heterocycles. The number of carbonyl (C=O) groups is 3. The Hall–Kier alpha value is -5.09. The van der Waals surface area contributed by atoms with Gasteiger partial charge in [-0.15, -0.1) is 0 Å². The number of rotatable bonds is 7. The molecular weight excluding hydrogens is 604 g/mol. The van der Waals surface area contributed by atoms with E-state index in [4.69, 9.17) is 24.5 Å². The van der Waals surface area contributed by atoms with Crippen molar-refractivity contribution in [2.45, 2.75) is 31.7 Å². The second-order valence-electron chi connectivity index (χ2n) is 9.41. The first kappa shape index (κ1) is 33.4. The highest BCUT2D eigenvalue weighted by Crippen LogP contribution is 2.32. The van der Waals surface area contributed by atoms with Crippen LogP contribution in [0.5, 0.6) is 5.75 Å². The quantitative estimate of drug-likeness (QED) is 0.201. The molecule has 0 bridgehead atoms. The van der Waals surface area contributed by atoms with E-state index in [1.54, 1.807) is 13.3 Å². The van der Waals surface area contributed by atoms with Crippen molar-refractivity contribution in [3.63, 3.8) is 0 Å². The van der Waals surface area contributed by atoms with Crippen LogP contribution in [0.4, 0.5) is 26.3 Å². The molecule has 1 amide bonds. The number of nitrogens with one attached hydrogen (secondary N) is 2. The van der Waals surface area contributed by atoms with E-state index >= 15 is 0 Å². The number of carboxylic acids is 2. The fourth-order valence-corrected chi connectivity index (χ4v) is 3.74. The van der Waals surface area contributed by atoms with E-state index in [-0.39, 0.29) is 5.91 Å². The van der Waals surface area contributed by atoms with Gasteiger partial charge in [-0.05, 0) is 54.2 Å². The molecule has 1 fully saturated rings. The molecule has 0 spiro atoms. The van der Waals surface area contributed by atoms with Crippen LogP contribution in [0.1, 0.15) is 28.9 Å². The Morgan fingerprint density at radius 1 is 0.977 bits per heavy atom. The molecule has 1 aliphatic rings. The summed E-state index contributed by atoms with van der Waals surface area (Å²) in [4.78, 5) is 33.2. The summed E-state index contributed by atoms with van der Waals surface area (Å²) in [6, 6.07) is 13.8. The molecule has 11 nitrogen and oxygen atoms in total. The Labute approximate surface area is 244 Å². The molecule has 2 aromatic carbocycles. The first-order chi connectivity index (χ1) is 20.6. The number of methoxy groups -OCH3 is 1. The third-order valence-electron chi connectivity index (χ3n) is 6.05. The summed E-state index contributed by atoms with van der Waals surface area (Å²) in [5, 5.41) is 29.3. The van der Waals surface area contributed by atoms with E-state index in [0.717, 1.165) is 39.9 Å². The molecule has 1 saturated carbocycles. The molecule has 4 N–H and O–H groups in total. The number of nitrogens with zero attached hydrogens (tertiary/aromatic N) is 3. The lowest BCUT2D eigenvalue weighted by atomic mass is 10.1. The summed E-state index contributed by atoms with van der Waals surface area (Å²) in [5.74, 6) is -4.19. The SMILES string of the molecule is COc1cccc(CN(CC2CC2)C(=O)c2n[nH]c3cc(-c4cn[nH]c4)ccc23)c1.O=C(O)C(F)(F)F.O=C(O)C(F)(F)F. The summed E-state index contributed by atoms with van der Waals surface area (Å²) in [6.07, 6.45) is -4.20. The van der Waals surface area contributed by atoms with Crippen LogP contribution in [-0.4, -0.2) is 79.4 Å². The number of aliphatic carboxylic acids is 2. The molecule has 17 heteroatoms. The van der Waals surface area contributed by atoms with Crippen molar-refractivity contribution in [3.05, 3.63) is 66.1 Å². The van der Waals surface area contributed by atoms with Crippen LogP contribution < -0.4 is 4.74 Å². The average molecular weight is 630 g/mol. The van der Waals surface area contributed by atoms with E-state index in [1.165, 1.54) is 12.8 Å². The predicted octanol–water partition coefficient (Wildman–Crippen LogP) is 5.28. The van der Waals surface area contributed by atoms with Gasteiger partial charge in [0.2, 0.25) is 0 Å². The van der Waals surface area contributed by atoms with Crippen LogP contribution in [0.3, 0.4) is 0 Å². The molecule has 2 aromatic heterocycles. The number of hydrogen-bond donors (Lipinski definition) is 4. The normalized spacial score (nSPS) is 12.8. The number of amides is 1. The highest BCUT2D eigenvalue weighted by Gasteiger charge is 2.39. The van der Waals surface area contributed by atoms with Crippen LogP contribution in [0.25, 0.3) is 22.0 Å². The Kier molecular flexibility index (Phi) is 10.6. The van der Waals surface area contributed by atoms with Gasteiger partial charge in [0.05, 0.1) is 18.8 Å². The summed E-state index contributed by atoms with van der Waals surface area (Å²) >= 11 is 0. The standard InChI is InChI=1S/C23H23N5O2.2C2HF3O2/c1-30-19-4-2-3-16(9-19)14-28(13-15-5-6-15)23(29)22-20-8-7-17(10-21(20)26-27-22)18-11-24-25-12-18;2*3-2(4,5)1(6)7/h2-4,7-12,15H,5-6,13-14H2,1H3,(H,24,25)(H,26,27);2*(H,6,7). The summed E-state index contributed by atoms with van der Waals surface area (Å²) in [6.45, 7) is 1.28. The second kappa shape index (κ2) is 13.9. The van der Waals surface area contributed by atoms with Gasteiger partial charge in [-0.1, -0.05) is 18.2 Å². The zero-order valence-electron chi connectivity index (χ0n) is 22.7. The van der Waals surface area contributed by atoms with E-state index in [0.29, 0.717) is 18.2 Å². The number of hydrogen-bond acceptors (Lipinski definition) is 6. The highest BCUT2D eigenvalue weighted by molar-refractivity contribution is 6.05. The number of benzene rings is 2. The molecule has 0 aliphatic heterocycles. The van der Waals surface area contributed by atoms with Crippen LogP contribution in [0.15, 0.2) is 54.9 Å². The van der Waals surface area contributed by atoms with Crippen LogP contribution in [0.2, 0.25) is 0 Å². The van der Waals surface area contributed by atoms with Crippen molar-refractivity contribution in [2.75, 3.05) is 13.7 Å². The maximum Gasteiger partial charge on any atom is 0.490 e. The average Bonchev–Trinajstić information content (AvgIpc) is 3.42. The summed E-state index contributed by atoms with van der Waals surface area (Å²) < 4.78 is 68.8. The minimum absolute atomic E-state index is 0.0490. The predicted molar refractivity (Wildman–Crippen MR) is 142 cm³/mol. The lowest BCUT2D eigenvalue weighted by Gasteiger charge is -2.22. The Balaban J connectivity index is 0.000000317. The van der Waals surface area contributed by atoms with Crippen LogP contribution in [0, 0.1) is 5.92 Å². The second-order valence-corrected chi connectivity index (χ2v) is 9.41. The first-order valence-electron chi connectivity index (χ1n) is 12.6. The van der Waals surface area contributed by atoms with E-state index in [9.17, 15) is 31.1 Å². The third-order valence-corrected chi connectivity index (χ3v) is 6.05. The molecule has 1 aliphatic carbocycles.